The number of hydrogen-bond donors (Lipinski definition) is 2. The number of halogens is 1. The molecule has 0 aliphatic carbocycles. The average Bonchev–Trinajstić information content (AvgIpc) is 2.37. The van der Waals surface area contributed by atoms with Gasteiger partial charge in [-0.3, -0.25) is 0 Å². The highest BCUT2D eigenvalue weighted by Crippen LogP contribution is 2.26. The molecule has 0 unspecified atom stereocenters. The van der Waals surface area contributed by atoms with Gasteiger partial charge in [-0.2, -0.15) is 5.26 Å². The molecule has 3 N–H and O–H groups in total. The summed E-state index contributed by atoms with van der Waals surface area (Å²) in [7, 11) is 0. The van der Waals surface area contributed by atoms with Crippen LogP contribution in [0.1, 0.15) is 11.1 Å². The summed E-state index contributed by atoms with van der Waals surface area (Å²) in [6, 6.07) is 11.8. The van der Waals surface area contributed by atoms with Crippen LogP contribution in [-0.2, 0) is 0 Å². The minimum Gasteiger partial charge on any atom is -0.397 e. The molecule has 0 bridgehead atoms. The summed E-state index contributed by atoms with van der Waals surface area (Å²) in [5.74, 6) is -0.271. The predicted molar refractivity (Wildman–Crippen MR) is 70.0 cm³/mol. The first-order valence-corrected chi connectivity index (χ1v) is 5.43. The van der Waals surface area contributed by atoms with Crippen LogP contribution in [0.15, 0.2) is 36.4 Å². The summed E-state index contributed by atoms with van der Waals surface area (Å²) < 4.78 is 13.4. The lowest BCUT2D eigenvalue weighted by Gasteiger charge is -2.12. The average molecular weight is 241 g/mol. The molecule has 0 amide bonds. The zero-order valence-corrected chi connectivity index (χ0v) is 9.87. The molecule has 0 saturated carbocycles. The molecule has 0 saturated heterocycles. The minimum atomic E-state index is -0.271. The van der Waals surface area contributed by atoms with Crippen LogP contribution in [0.3, 0.4) is 0 Å². The summed E-state index contributed by atoms with van der Waals surface area (Å²) in [6.07, 6.45) is 0. The maximum Gasteiger partial charge on any atom is 0.128 e. The highest BCUT2D eigenvalue weighted by atomic mass is 19.1. The van der Waals surface area contributed by atoms with Crippen LogP contribution in [0.5, 0.6) is 0 Å². The number of nitrogen functional groups attached to an aromatic ring is 1. The highest BCUT2D eigenvalue weighted by molar-refractivity contribution is 5.75. The SMILES string of the molecule is Cc1c(F)cccc1Nc1ccc(C#N)cc1N. The molecule has 0 spiro atoms. The largest absolute Gasteiger partial charge is 0.397 e. The van der Waals surface area contributed by atoms with Crippen LogP contribution < -0.4 is 11.1 Å². The molecule has 0 radical (unpaired) electrons. The summed E-state index contributed by atoms with van der Waals surface area (Å²) in [5, 5.41) is 11.8. The second kappa shape index (κ2) is 4.76. The topological polar surface area (TPSA) is 61.8 Å². The number of nitrogens with zero attached hydrogens (tertiary/aromatic N) is 1. The molecule has 4 heteroatoms. The van der Waals surface area contributed by atoms with E-state index in [-0.39, 0.29) is 5.82 Å². The van der Waals surface area contributed by atoms with Gasteiger partial charge in [-0.05, 0) is 37.3 Å². The standard InChI is InChI=1S/C14H12FN3/c1-9-11(15)3-2-4-13(9)18-14-6-5-10(8-16)7-12(14)17/h2-7,18H,17H2,1H3. The fourth-order valence-electron chi connectivity index (χ4n) is 1.63. The van der Waals surface area contributed by atoms with E-state index < -0.39 is 0 Å². The van der Waals surface area contributed by atoms with Gasteiger partial charge in [-0.25, -0.2) is 4.39 Å². The van der Waals surface area contributed by atoms with E-state index in [9.17, 15) is 4.39 Å². The monoisotopic (exact) mass is 241 g/mol. The number of hydrogen-bond acceptors (Lipinski definition) is 3. The van der Waals surface area contributed by atoms with Gasteiger partial charge in [-0.15, -0.1) is 0 Å². The van der Waals surface area contributed by atoms with E-state index >= 15 is 0 Å². The summed E-state index contributed by atoms with van der Waals surface area (Å²) in [6.45, 7) is 1.69. The maximum absolute atomic E-state index is 13.4. The van der Waals surface area contributed by atoms with Gasteiger partial charge in [0.15, 0.2) is 0 Å². The Labute approximate surface area is 105 Å². The van der Waals surface area contributed by atoms with Crippen LogP contribution in [-0.4, -0.2) is 0 Å². The summed E-state index contributed by atoms with van der Waals surface area (Å²) >= 11 is 0. The summed E-state index contributed by atoms with van der Waals surface area (Å²) in [5.41, 5.74) is 8.62. The molecule has 18 heavy (non-hydrogen) atoms. The Morgan fingerprint density at radius 3 is 2.67 bits per heavy atom. The molecule has 0 aromatic heterocycles. The second-order valence-electron chi connectivity index (χ2n) is 3.95. The van der Waals surface area contributed by atoms with Crippen molar-refractivity contribution in [2.75, 3.05) is 11.1 Å². The van der Waals surface area contributed by atoms with E-state index in [1.54, 1.807) is 37.3 Å². The fourth-order valence-corrected chi connectivity index (χ4v) is 1.63. The van der Waals surface area contributed by atoms with Crippen LogP contribution in [0, 0.1) is 24.1 Å². The van der Waals surface area contributed by atoms with Gasteiger partial charge in [0.2, 0.25) is 0 Å². The van der Waals surface area contributed by atoms with Crippen LogP contribution in [0.2, 0.25) is 0 Å². The smallest absolute Gasteiger partial charge is 0.128 e. The van der Waals surface area contributed by atoms with Crippen molar-refractivity contribution in [2.45, 2.75) is 6.92 Å². The van der Waals surface area contributed by atoms with Crippen LogP contribution >= 0.6 is 0 Å². The Morgan fingerprint density at radius 1 is 1.22 bits per heavy atom. The molecule has 3 nitrogen and oxygen atoms in total. The lowest BCUT2D eigenvalue weighted by molar-refractivity contribution is 0.619. The zero-order chi connectivity index (χ0) is 13.1. The molecular weight excluding hydrogens is 229 g/mol. The quantitative estimate of drug-likeness (QED) is 0.793. The van der Waals surface area contributed by atoms with E-state index in [1.165, 1.54) is 6.07 Å². The minimum absolute atomic E-state index is 0.271. The zero-order valence-electron chi connectivity index (χ0n) is 9.87. The van der Waals surface area contributed by atoms with E-state index in [1.807, 2.05) is 6.07 Å². The number of rotatable bonds is 2. The van der Waals surface area contributed by atoms with Crippen molar-refractivity contribution in [1.29, 1.82) is 5.26 Å². The normalized spacial score (nSPS) is 9.83. The van der Waals surface area contributed by atoms with Gasteiger partial charge in [0.05, 0.1) is 23.0 Å². The second-order valence-corrected chi connectivity index (χ2v) is 3.95. The van der Waals surface area contributed by atoms with Gasteiger partial charge in [-0.1, -0.05) is 6.07 Å². The Bertz CT molecular complexity index is 629. The van der Waals surface area contributed by atoms with Crippen molar-refractivity contribution in [1.82, 2.24) is 0 Å². The molecule has 0 heterocycles. The van der Waals surface area contributed by atoms with Crippen molar-refractivity contribution in [3.05, 3.63) is 53.3 Å². The third kappa shape index (κ3) is 2.25. The molecule has 0 atom stereocenters. The Hall–Kier alpha value is -2.54. The number of nitrogens with one attached hydrogen (secondary N) is 1. The number of nitrogens with two attached hydrogens (primary N) is 1. The van der Waals surface area contributed by atoms with Crippen molar-refractivity contribution in [3.63, 3.8) is 0 Å². The van der Waals surface area contributed by atoms with Crippen molar-refractivity contribution >= 4 is 17.1 Å². The van der Waals surface area contributed by atoms with E-state index in [0.717, 1.165) is 0 Å². The predicted octanol–water partition coefficient (Wildman–Crippen LogP) is 3.33. The molecule has 2 aromatic carbocycles. The third-order valence-electron chi connectivity index (χ3n) is 2.72. The Morgan fingerprint density at radius 2 is 2.00 bits per heavy atom. The van der Waals surface area contributed by atoms with Gasteiger partial charge < -0.3 is 11.1 Å². The highest BCUT2D eigenvalue weighted by Gasteiger charge is 2.06. The van der Waals surface area contributed by atoms with Gasteiger partial charge in [0.1, 0.15) is 5.82 Å². The first-order chi connectivity index (χ1) is 8.61. The molecule has 90 valence electrons. The van der Waals surface area contributed by atoms with E-state index in [0.29, 0.717) is 28.2 Å². The summed E-state index contributed by atoms with van der Waals surface area (Å²) in [4.78, 5) is 0. The Balaban J connectivity index is 2.35. The molecular formula is C14H12FN3. The maximum atomic E-state index is 13.4. The number of nitriles is 1. The molecule has 0 aliphatic heterocycles. The first kappa shape index (κ1) is 11.9. The fraction of sp³-hybridized carbons (Fsp3) is 0.0714. The lowest BCUT2D eigenvalue weighted by atomic mass is 10.1. The molecule has 2 rings (SSSR count). The third-order valence-corrected chi connectivity index (χ3v) is 2.72. The van der Waals surface area contributed by atoms with Gasteiger partial charge >= 0.3 is 0 Å². The van der Waals surface area contributed by atoms with Gasteiger partial charge in [0, 0.05) is 11.3 Å². The van der Waals surface area contributed by atoms with Crippen molar-refractivity contribution in [3.8, 4) is 6.07 Å². The van der Waals surface area contributed by atoms with E-state index in [4.69, 9.17) is 11.0 Å². The Kier molecular flexibility index (Phi) is 3.16. The van der Waals surface area contributed by atoms with Crippen molar-refractivity contribution < 1.29 is 4.39 Å². The van der Waals surface area contributed by atoms with Crippen LogP contribution in [0.4, 0.5) is 21.5 Å². The van der Waals surface area contributed by atoms with E-state index in [2.05, 4.69) is 5.32 Å². The van der Waals surface area contributed by atoms with Crippen LogP contribution in [0.25, 0.3) is 0 Å². The van der Waals surface area contributed by atoms with Crippen molar-refractivity contribution in [2.24, 2.45) is 0 Å². The lowest BCUT2D eigenvalue weighted by Crippen LogP contribution is -1.99. The number of anilines is 3. The number of benzene rings is 2. The molecule has 0 aliphatic rings. The molecule has 2 aromatic rings. The van der Waals surface area contributed by atoms with Gasteiger partial charge in [0.25, 0.3) is 0 Å². The first-order valence-electron chi connectivity index (χ1n) is 5.43. The molecule has 0 fully saturated rings.